The van der Waals surface area contributed by atoms with E-state index in [0.717, 1.165) is 18.4 Å². The molecule has 1 fully saturated rings. The van der Waals surface area contributed by atoms with Crippen molar-refractivity contribution in [3.05, 3.63) is 35.5 Å². The molecule has 5 heteroatoms. The summed E-state index contributed by atoms with van der Waals surface area (Å²) in [4.78, 5) is 23.2. The predicted octanol–water partition coefficient (Wildman–Crippen LogP) is 3.23. The molecule has 1 saturated heterocycles. The molecule has 4 atom stereocenters. The molecule has 0 unspecified atom stereocenters. The van der Waals surface area contributed by atoms with Crippen molar-refractivity contribution < 1.29 is 24.2 Å². The third kappa shape index (κ3) is 4.82. The average Bonchev–Trinajstić information content (AvgIpc) is 2.78. The first-order valence-electron chi connectivity index (χ1n) is 8.76. The number of aliphatic hydroxyl groups excluding tert-OH is 1. The summed E-state index contributed by atoms with van der Waals surface area (Å²) < 4.78 is 10.8. The summed E-state index contributed by atoms with van der Waals surface area (Å²) in [7, 11) is 0. The zero-order valence-corrected chi connectivity index (χ0v) is 15.5. The van der Waals surface area contributed by atoms with E-state index in [0.29, 0.717) is 6.42 Å². The monoisotopic (exact) mass is 348 g/mol. The number of aliphatic hydroxyl groups is 1. The van der Waals surface area contributed by atoms with Gasteiger partial charge in [0.2, 0.25) is 0 Å². The molecule has 1 aliphatic heterocycles. The van der Waals surface area contributed by atoms with Crippen LogP contribution in [0, 0.1) is 5.41 Å². The molecule has 1 heterocycles. The molecule has 2 rings (SSSR count). The summed E-state index contributed by atoms with van der Waals surface area (Å²) in [5.74, 6) is -0.703. The number of carbonyl (C=O) groups is 2. The molecule has 5 nitrogen and oxygen atoms in total. The Labute approximate surface area is 149 Å². The van der Waals surface area contributed by atoms with Gasteiger partial charge in [-0.15, -0.1) is 0 Å². The molecule has 25 heavy (non-hydrogen) atoms. The number of ether oxygens (including phenoxy) is 2. The zero-order chi connectivity index (χ0) is 18.6. The van der Waals surface area contributed by atoms with Crippen LogP contribution in [0.2, 0.25) is 0 Å². The fourth-order valence-corrected chi connectivity index (χ4v) is 3.54. The van der Waals surface area contributed by atoms with Crippen molar-refractivity contribution in [2.24, 2.45) is 5.41 Å². The van der Waals surface area contributed by atoms with Gasteiger partial charge in [-0.2, -0.15) is 0 Å². The van der Waals surface area contributed by atoms with Gasteiger partial charge in [0, 0.05) is 13.3 Å². The number of hydrogen-bond acceptors (Lipinski definition) is 5. The highest BCUT2D eigenvalue weighted by atomic mass is 16.6. The topological polar surface area (TPSA) is 72.8 Å². The SMILES string of the molecule is CC(=O)O[C@@H]1C=C[C@@H](O)[C@@]2(CC(=O)O[C@@H]2/C=C(\C)CCC=C(C)C)C1. The number of carbonyl (C=O) groups excluding carboxylic acids is 2. The van der Waals surface area contributed by atoms with E-state index in [1.165, 1.54) is 12.5 Å². The van der Waals surface area contributed by atoms with Gasteiger partial charge in [-0.1, -0.05) is 23.3 Å². The van der Waals surface area contributed by atoms with Gasteiger partial charge in [-0.25, -0.2) is 0 Å². The minimum atomic E-state index is -0.808. The minimum absolute atomic E-state index is 0.124. The maximum Gasteiger partial charge on any atom is 0.307 e. The Kier molecular flexibility index (Phi) is 6.22. The fraction of sp³-hybridized carbons (Fsp3) is 0.600. The molecular weight excluding hydrogens is 320 g/mol. The summed E-state index contributed by atoms with van der Waals surface area (Å²) in [6.07, 6.45) is 7.93. The summed E-state index contributed by atoms with van der Waals surface area (Å²) in [6, 6.07) is 0. The zero-order valence-electron chi connectivity index (χ0n) is 15.5. The van der Waals surface area contributed by atoms with Crippen LogP contribution < -0.4 is 0 Å². The fourth-order valence-electron chi connectivity index (χ4n) is 3.54. The summed E-state index contributed by atoms with van der Waals surface area (Å²) in [5.41, 5.74) is 1.61. The van der Waals surface area contributed by atoms with Crippen LogP contribution in [-0.4, -0.2) is 35.4 Å². The normalized spacial score (nSPS) is 31.8. The first kappa shape index (κ1) is 19.4. The molecular formula is C20H28O5. The van der Waals surface area contributed by atoms with E-state index < -0.39 is 23.7 Å². The molecule has 0 saturated carbocycles. The van der Waals surface area contributed by atoms with Crippen molar-refractivity contribution in [2.75, 3.05) is 0 Å². The van der Waals surface area contributed by atoms with Gasteiger partial charge in [0.15, 0.2) is 0 Å². The average molecular weight is 348 g/mol. The summed E-state index contributed by atoms with van der Waals surface area (Å²) in [6.45, 7) is 7.49. The van der Waals surface area contributed by atoms with Crippen LogP contribution in [-0.2, 0) is 19.1 Å². The Morgan fingerprint density at radius 1 is 1.36 bits per heavy atom. The third-order valence-electron chi connectivity index (χ3n) is 4.82. The van der Waals surface area contributed by atoms with Crippen LogP contribution >= 0.6 is 0 Å². The molecule has 0 amide bonds. The van der Waals surface area contributed by atoms with E-state index in [1.807, 2.05) is 13.0 Å². The van der Waals surface area contributed by atoms with E-state index in [1.54, 1.807) is 12.2 Å². The van der Waals surface area contributed by atoms with Crippen LogP contribution in [0.15, 0.2) is 35.5 Å². The smallest absolute Gasteiger partial charge is 0.307 e. The largest absolute Gasteiger partial charge is 0.458 e. The van der Waals surface area contributed by atoms with Crippen LogP contribution in [0.5, 0.6) is 0 Å². The van der Waals surface area contributed by atoms with Crippen LogP contribution in [0.3, 0.4) is 0 Å². The van der Waals surface area contributed by atoms with Crippen LogP contribution in [0.4, 0.5) is 0 Å². The molecule has 138 valence electrons. The molecule has 0 bridgehead atoms. The number of rotatable bonds is 5. The number of hydrogen-bond donors (Lipinski definition) is 1. The lowest BCUT2D eigenvalue weighted by atomic mass is 9.68. The van der Waals surface area contributed by atoms with Gasteiger partial charge in [0.25, 0.3) is 0 Å². The standard InChI is InChI=1S/C20H28O5/c1-13(2)6-5-7-14(3)10-18-20(12-19(23)25-18)11-16(24-15(4)21)8-9-17(20)22/h6,8-10,16-18,22H,5,7,11-12H2,1-4H3/b14-10+/t16-,17-,18-,20+/m1/s1. The van der Waals surface area contributed by atoms with Crippen molar-refractivity contribution in [3.63, 3.8) is 0 Å². The van der Waals surface area contributed by atoms with Gasteiger partial charge in [-0.05, 0) is 45.8 Å². The molecule has 2 aliphatic rings. The minimum Gasteiger partial charge on any atom is -0.458 e. The molecule has 0 radical (unpaired) electrons. The maximum absolute atomic E-state index is 12.0. The first-order valence-corrected chi connectivity index (χ1v) is 8.76. The predicted molar refractivity (Wildman–Crippen MR) is 94.7 cm³/mol. The van der Waals surface area contributed by atoms with E-state index in [4.69, 9.17) is 9.47 Å². The van der Waals surface area contributed by atoms with Crippen molar-refractivity contribution in [1.29, 1.82) is 0 Å². The number of allylic oxidation sites excluding steroid dienone is 3. The highest BCUT2D eigenvalue weighted by Gasteiger charge is 2.54. The summed E-state index contributed by atoms with van der Waals surface area (Å²) >= 11 is 0. The summed E-state index contributed by atoms with van der Waals surface area (Å²) in [5, 5.41) is 10.6. The van der Waals surface area contributed by atoms with Gasteiger partial charge >= 0.3 is 11.9 Å². The van der Waals surface area contributed by atoms with Gasteiger partial charge in [0.05, 0.1) is 17.9 Å². The van der Waals surface area contributed by atoms with Crippen molar-refractivity contribution in [1.82, 2.24) is 0 Å². The Morgan fingerprint density at radius 2 is 2.08 bits per heavy atom. The second-order valence-corrected chi connectivity index (χ2v) is 7.34. The van der Waals surface area contributed by atoms with E-state index in [2.05, 4.69) is 19.9 Å². The van der Waals surface area contributed by atoms with E-state index in [-0.39, 0.29) is 18.4 Å². The van der Waals surface area contributed by atoms with Crippen molar-refractivity contribution >= 4 is 11.9 Å². The molecule has 0 aromatic rings. The van der Waals surface area contributed by atoms with Crippen molar-refractivity contribution in [2.45, 2.75) is 71.7 Å². The molecule has 0 aromatic heterocycles. The Balaban J connectivity index is 2.19. The maximum atomic E-state index is 12.0. The van der Waals surface area contributed by atoms with Gasteiger partial charge < -0.3 is 14.6 Å². The Hall–Kier alpha value is -1.88. The van der Waals surface area contributed by atoms with E-state index in [9.17, 15) is 14.7 Å². The number of esters is 2. The molecule has 0 aromatic carbocycles. The third-order valence-corrected chi connectivity index (χ3v) is 4.82. The first-order chi connectivity index (χ1) is 11.7. The Bertz CT molecular complexity index is 612. The van der Waals surface area contributed by atoms with Crippen LogP contribution in [0.1, 0.15) is 53.4 Å². The quantitative estimate of drug-likeness (QED) is 0.610. The van der Waals surface area contributed by atoms with Crippen molar-refractivity contribution in [3.8, 4) is 0 Å². The molecule has 1 spiro atoms. The number of cyclic esters (lactones) is 1. The van der Waals surface area contributed by atoms with Gasteiger partial charge in [0.1, 0.15) is 12.2 Å². The molecule has 1 aliphatic carbocycles. The lowest BCUT2D eigenvalue weighted by Gasteiger charge is -2.39. The van der Waals surface area contributed by atoms with Crippen LogP contribution in [0.25, 0.3) is 0 Å². The molecule has 1 N–H and O–H groups in total. The lowest BCUT2D eigenvalue weighted by molar-refractivity contribution is -0.148. The van der Waals surface area contributed by atoms with E-state index >= 15 is 0 Å². The second-order valence-electron chi connectivity index (χ2n) is 7.34. The second kappa shape index (κ2) is 8.00. The highest BCUT2D eigenvalue weighted by Crippen LogP contribution is 2.47. The Morgan fingerprint density at radius 3 is 2.72 bits per heavy atom. The highest BCUT2D eigenvalue weighted by molar-refractivity contribution is 5.74. The lowest BCUT2D eigenvalue weighted by Crippen LogP contribution is -2.46. The van der Waals surface area contributed by atoms with Gasteiger partial charge in [-0.3, -0.25) is 9.59 Å².